The molecule has 3 rings (SSSR count). The van der Waals surface area contributed by atoms with Crippen molar-refractivity contribution in [3.63, 3.8) is 0 Å². The summed E-state index contributed by atoms with van der Waals surface area (Å²) in [5, 5.41) is 11.6. The highest BCUT2D eigenvalue weighted by Gasteiger charge is 2.13. The molecule has 134 valence electrons. The van der Waals surface area contributed by atoms with Crippen LogP contribution in [-0.4, -0.2) is 21.9 Å². The van der Waals surface area contributed by atoms with Crippen LogP contribution in [0, 0.1) is 13.8 Å². The molecule has 0 fully saturated rings. The van der Waals surface area contributed by atoms with E-state index in [1.54, 1.807) is 12.1 Å². The topological polar surface area (TPSA) is 68.0 Å². The summed E-state index contributed by atoms with van der Waals surface area (Å²) in [5.74, 6) is 0.373. The van der Waals surface area contributed by atoms with Crippen molar-refractivity contribution in [2.45, 2.75) is 19.1 Å². The number of hydrogen-bond acceptors (Lipinski definition) is 5. The van der Waals surface area contributed by atoms with Gasteiger partial charge in [0, 0.05) is 10.0 Å². The third kappa shape index (κ3) is 4.66. The van der Waals surface area contributed by atoms with Gasteiger partial charge in [-0.2, -0.15) is 0 Å². The van der Waals surface area contributed by atoms with Crippen LogP contribution >= 0.6 is 39.3 Å². The van der Waals surface area contributed by atoms with Gasteiger partial charge >= 0.3 is 0 Å². The van der Waals surface area contributed by atoms with E-state index in [9.17, 15) is 4.79 Å². The number of anilines is 1. The zero-order valence-corrected chi connectivity index (χ0v) is 17.2. The summed E-state index contributed by atoms with van der Waals surface area (Å²) in [5.41, 5.74) is 3.77. The van der Waals surface area contributed by atoms with Gasteiger partial charge in [0.05, 0.1) is 16.5 Å². The summed E-state index contributed by atoms with van der Waals surface area (Å²) in [4.78, 5) is 12.1. The molecule has 3 aromatic rings. The van der Waals surface area contributed by atoms with Gasteiger partial charge in [-0.3, -0.25) is 4.79 Å². The number of carbonyl (C=O) groups is 1. The maximum absolute atomic E-state index is 12.1. The third-order valence-electron chi connectivity index (χ3n) is 3.69. The molecule has 26 heavy (non-hydrogen) atoms. The molecule has 0 aliphatic carbocycles. The Morgan fingerprint density at radius 2 is 2.00 bits per heavy atom. The molecule has 2 aromatic carbocycles. The second-order valence-electron chi connectivity index (χ2n) is 5.63. The van der Waals surface area contributed by atoms with Crippen LogP contribution in [0.25, 0.3) is 11.5 Å². The summed E-state index contributed by atoms with van der Waals surface area (Å²) < 4.78 is 6.48. The van der Waals surface area contributed by atoms with Crippen LogP contribution in [0.15, 0.2) is 50.5 Å². The predicted molar refractivity (Wildman–Crippen MR) is 108 cm³/mol. The molecule has 0 unspecified atom stereocenters. The quantitative estimate of drug-likeness (QED) is 0.518. The van der Waals surface area contributed by atoms with Crippen molar-refractivity contribution in [3.8, 4) is 11.5 Å². The number of halogens is 2. The Hall–Kier alpha value is -1.83. The Morgan fingerprint density at radius 3 is 2.73 bits per heavy atom. The Morgan fingerprint density at radius 1 is 1.19 bits per heavy atom. The molecule has 0 saturated heterocycles. The maximum atomic E-state index is 12.1. The molecule has 1 heterocycles. The van der Waals surface area contributed by atoms with Crippen molar-refractivity contribution in [2.24, 2.45) is 0 Å². The molecule has 0 bridgehead atoms. The SMILES string of the molecule is Cc1ccc(-c2nnc(SCC(=O)Nc3ccc(Br)cc3Cl)o2)cc1C. The van der Waals surface area contributed by atoms with Gasteiger partial charge in [-0.05, 0) is 55.3 Å². The Labute approximate surface area is 168 Å². The van der Waals surface area contributed by atoms with Crippen molar-refractivity contribution in [2.75, 3.05) is 11.1 Å². The van der Waals surface area contributed by atoms with Crippen molar-refractivity contribution in [3.05, 3.63) is 57.0 Å². The lowest BCUT2D eigenvalue weighted by molar-refractivity contribution is -0.113. The average molecular weight is 453 g/mol. The number of rotatable bonds is 5. The van der Waals surface area contributed by atoms with E-state index in [1.165, 1.54) is 17.3 Å². The van der Waals surface area contributed by atoms with Crippen LogP contribution in [0.4, 0.5) is 5.69 Å². The van der Waals surface area contributed by atoms with Gasteiger partial charge < -0.3 is 9.73 Å². The van der Waals surface area contributed by atoms with Crippen molar-refractivity contribution in [1.82, 2.24) is 10.2 Å². The summed E-state index contributed by atoms with van der Waals surface area (Å²) in [6.07, 6.45) is 0. The minimum Gasteiger partial charge on any atom is -0.411 e. The van der Waals surface area contributed by atoms with Crippen LogP contribution in [0.3, 0.4) is 0 Å². The van der Waals surface area contributed by atoms with E-state index in [1.807, 2.05) is 38.1 Å². The highest BCUT2D eigenvalue weighted by Crippen LogP contribution is 2.27. The van der Waals surface area contributed by atoms with Crippen LogP contribution in [-0.2, 0) is 4.79 Å². The van der Waals surface area contributed by atoms with Crippen LogP contribution in [0.5, 0.6) is 0 Å². The van der Waals surface area contributed by atoms with Crippen LogP contribution < -0.4 is 5.32 Å². The number of amides is 1. The molecule has 5 nitrogen and oxygen atoms in total. The lowest BCUT2D eigenvalue weighted by Gasteiger charge is -2.06. The van der Waals surface area contributed by atoms with Crippen molar-refractivity contribution in [1.29, 1.82) is 0 Å². The zero-order valence-electron chi connectivity index (χ0n) is 14.0. The van der Waals surface area contributed by atoms with Gasteiger partial charge in [-0.15, -0.1) is 10.2 Å². The first kappa shape index (κ1) is 18.9. The maximum Gasteiger partial charge on any atom is 0.277 e. The second kappa shape index (κ2) is 8.24. The van der Waals surface area contributed by atoms with Gasteiger partial charge in [0.1, 0.15) is 0 Å². The highest BCUT2D eigenvalue weighted by molar-refractivity contribution is 9.10. The number of thioether (sulfide) groups is 1. The second-order valence-corrected chi connectivity index (χ2v) is 7.88. The number of aryl methyl sites for hydroxylation is 2. The fraction of sp³-hybridized carbons (Fsp3) is 0.167. The number of nitrogens with zero attached hydrogens (tertiary/aromatic N) is 2. The minimum absolute atomic E-state index is 0.140. The Kier molecular flexibility index (Phi) is 6.01. The molecule has 0 atom stereocenters. The Bertz CT molecular complexity index is 961. The lowest BCUT2D eigenvalue weighted by Crippen LogP contribution is -2.14. The zero-order chi connectivity index (χ0) is 18.7. The number of aromatic nitrogens is 2. The van der Waals surface area contributed by atoms with E-state index < -0.39 is 0 Å². The summed E-state index contributed by atoms with van der Waals surface area (Å²) >= 11 is 10.6. The number of carbonyl (C=O) groups excluding carboxylic acids is 1. The average Bonchev–Trinajstić information content (AvgIpc) is 3.07. The molecule has 1 amide bonds. The van der Waals surface area contributed by atoms with Crippen molar-refractivity contribution < 1.29 is 9.21 Å². The molecule has 8 heteroatoms. The van der Waals surface area contributed by atoms with Gasteiger partial charge in [-0.25, -0.2) is 0 Å². The molecular weight excluding hydrogens is 438 g/mol. The summed E-state index contributed by atoms with van der Waals surface area (Å²) in [6.45, 7) is 4.08. The molecule has 1 aromatic heterocycles. The lowest BCUT2D eigenvalue weighted by atomic mass is 10.1. The first-order valence-electron chi connectivity index (χ1n) is 7.71. The molecule has 0 spiro atoms. The van der Waals surface area contributed by atoms with E-state index >= 15 is 0 Å². The smallest absolute Gasteiger partial charge is 0.277 e. The first-order valence-corrected chi connectivity index (χ1v) is 9.87. The van der Waals surface area contributed by atoms with Gasteiger partial charge in [0.2, 0.25) is 11.8 Å². The number of benzene rings is 2. The number of nitrogens with one attached hydrogen (secondary N) is 1. The molecule has 1 N–H and O–H groups in total. The van der Waals surface area contributed by atoms with Crippen LogP contribution in [0.1, 0.15) is 11.1 Å². The van der Waals surface area contributed by atoms with Gasteiger partial charge in [0.25, 0.3) is 5.22 Å². The van der Waals surface area contributed by atoms with E-state index in [2.05, 4.69) is 31.4 Å². The standard InChI is InChI=1S/C18H15BrClN3O2S/c1-10-3-4-12(7-11(10)2)17-22-23-18(25-17)26-9-16(24)21-15-6-5-13(19)8-14(15)20/h3-8H,9H2,1-2H3,(H,21,24). The molecule has 0 radical (unpaired) electrons. The van der Waals surface area contributed by atoms with Gasteiger partial charge in [0.15, 0.2) is 0 Å². The summed E-state index contributed by atoms with van der Waals surface area (Å²) in [6, 6.07) is 11.2. The van der Waals surface area contributed by atoms with Crippen LogP contribution in [0.2, 0.25) is 5.02 Å². The monoisotopic (exact) mass is 451 g/mol. The normalized spacial score (nSPS) is 10.8. The Balaban J connectivity index is 1.60. The fourth-order valence-electron chi connectivity index (χ4n) is 2.16. The molecule has 0 aliphatic heterocycles. The van der Waals surface area contributed by atoms with E-state index in [4.69, 9.17) is 16.0 Å². The predicted octanol–water partition coefficient (Wildman–Crippen LogP) is 5.50. The third-order valence-corrected chi connectivity index (χ3v) is 5.32. The fourth-order valence-corrected chi connectivity index (χ4v) is 3.45. The largest absolute Gasteiger partial charge is 0.411 e. The van der Waals surface area contributed by atoms with Gasteiger partial charge in [-0.1, -0.05) is 45.4 Å². The first-order chi connectivity index (χ1) is 12.4. The minimum atomic E-state index is -0.204. The highest BCUT2D eigenvalue weighted by atomic mass is 79.9. The summed E-state index contributed by atoms with van der Waals surface area (Å²) in [7, 11) is 0. The van der Waals surface area contributed by atoms with E-state index in [0.29, 0.717) is 21.8 Å². The molecule has 0 aliphatic rings. The molecular formula is C18H15BrClN3O2S. The number of hydrogen-bond donors (Lipinski definition) is 1. The molecule has 0 saturated carbocycles. The van der Waals surface area contributed by atoms with E-state index in [-0.39, 0.29) is 11.7 Å². The van der Waals surface area contributed by atoms with Crippen molar-refractivity contribution >= 4 is 50.9 Å². The van der Waals surface area contributed by atoms with E-state index in [0.717, 1.165) is 15.6 Å².